The molecule has 0 saturated carbocycles. The number of thiazole rings is 1. The molecule has 0 aromatic carbocycles. The SMILES string of the molecule is Cc1nc(CSCC(=O)N2CCC(CC(=O)O)CC2)cs1. The van der Waals surface area contributed by atoms with E-state index in [2.05, 4.69) is 4.98 Å². The van der Waals surface area contributed by atoms with Crippen molar-refractivity contribution in [3.05, 3.63) is 16.1 Å². The molecule has 0 bridgehead atoms. The number of piperidine rings is 1. The van der Waals surface area contributed by atoms with Crippen molar-refractivity contribution >= 4 is 35.0 Å². The van der Waals surface area contributed by atoms with Crippen LogP contribution in [0.2, 0.25) is 0 Å². The van der Waals surface area contributed by atoms with Crippen LogP contribution in [0.5, 0.6) is 0 Å². The molecule has 0 radical (unpaired) electrons. The summed E-state index contributed by atoms with van der Waals surface area (Å²) in [4.78, 5) is 29.0. The molecule has 1 amide bonds. The first-order valence-electron chi connectivity index (χ1n) is 7.03. The van der Waals surface area contributed by atoms with Gasteiger partial charge in [0.05, 0.1) is 16.5 Å². The molecule has 116 valence electrons. The van der Waals surface area contributed by atoms with Crippen molar-refractivity contribution in [3.63, 3.8) is 0 Å². The molecule has 1 aliphatic heterocycles. The highest BCUT2D eigenvalue weighted by Crippen LogP contribution is 2.22. The Hall–Kier alpha value is -1.08. The molecule has 1 saturated heterocycles. The number of aromatic nitrogens is 1. The maximum Gasteiger partial charge on any atom is 0.303 e. The van der Waals surface area contributed by atoms with E-state index >= 15 is 0 Å². The number of nitrogens with zero attached hydrogens (tertiary/aromatic N) is 2. The van der Waals surface area contributed by atoms with Gasteiger partial charge in [0, 0.05) is 30.6 Å². The smallest absolute Gasteiger partial charge is 0.303 e. The van der Waals surface area contributed by atoms with E-state index in [1.807, 2.05) is 17.2 Å². The fourth-order valence-corrected chi connectivity index (χ4v) is 3.98. The van der Waals surface area contributed by atoms with Gasteiger partial charge < -0.3 is 10.0 Å². The van der Waals surface area contributed by atoms with E-state index in [-0.39, 0.29) is 18.2 Å². The Morgan fingerprint density at radius 2 is 2.19 bits per heavy atom. The molecular formula is C14H20N2O3S2. The fourth-order valence-electron chi connectivity index (χ4n) is 2.44. The van der Waals surface area contributed by atoms with Crippen molar-refractivity contribution in [2.24, 2.45) is 5.92 Å². The molecule has 0 unspecified atom stereocenters. The lowest BCUT2D eigenvalue weighted by atomic mass is 9.94. The molecule has 1 N–H and O–H groups in total. The van der Waals surface area contributed by atoms with Crippen molar-refractivity contribution in [3.8, 4) is 0 Å². The minimum Gasteiger partial charge on any atom is -0.481 e. The van der Waals surface area contributed by atoms with Crippen LogP contribution in [0, 0.1) is 12.8 Å². The van der Waals surface area contributed by atoms with Crippen molar-refractivity contribution in [1.82, 2.24) is 9.88 Å². The number of carboxylic acid groups (broad SMARTS) is 1. The average Bonchev–Trinajstić information content (AvgIpc) is 2.84. The molecule has 1 aromatic heterocycles. The number of thioether (sulfide) groups is 1. The van der Waals surface area contributed by atoms with E-state index in [1.165, 1.54) is 0 Å². The van der Waals surface area contributed by atoms with Crippen molar-refractivity contribution in [2.75, 3.05) is 18.8 Å². The van der Waals surface area contributed by atoms with Crippen molar-refractivity contribution in [1.29, 1.82) is 0 Å². The van der Waals surface area contributed by atoms with Crippen LogP contribution >= 0.6 is 23.1 Å². The van der Waals surface area contributed by atoms with Gasteiger partial charge in [0.1, 0.15) is 0 Å². The van der Waals surface area contributed by atoms with Gasteiger partial charge in [0.2, 0.25) is 5.91 Å². The number of likely N-dealkylation sites (tertiary alicyclic amines) is 1. The lowest BCUT2D eigenvalue weighted by Gasteiger charge is -2.31. The van der Waals surface area contributed by atoms with Gasteiger partial charge >= 0.3 is 5.97 Å². The fraction of sp³-hybridized carbons (Fsp3) is 0.643. The maximum atomic E-state index is 12.1. The Morgan fingerprint density at radius 1 is 1.48 bits per heavy atom. The molecule has 0 atom stereocenters. The van der Waals surface area contributed by atoms with Gasteiger partial charge in [0.15, 0.2) is 0 Å². The van der Waals surface area contributed by atoms with Gasteiger partial charge in [-0.1, -0.05) is 0 Å². The number of carboxylic acids is 1. The Morgan fingerprint density at radius 3 is 2.76 bits per heavy atom. The summed E-state index contributed by atoms with van der Waals surface area (Å²) in [6.07, 6.45) is 1.82. The number of hydrogen-bond donors (Lipinski definition) is 1. The molecule has 7 heteroatoms. The molecule has 21 heavy (non-hydrogen) atoms. The Balaban J connectivity index is 1.66. The van der Waals surface area contributed by atoms with E-state index in [4.69, 9.17) is 5.11 Å². The summed E-state index contributed by atoms with van der Waals surface area (Å²) in [6.45, 7) is 3.35. The van der Waals surface area contributed by atoms with Crippen molar-refractivity contribution < 1.29 is 14.7 Å². The maximum absolute atomic E-state index is 12.1. The summed E-state index contributed by atoms with van der Waals surface area (Å²) in [7, 11) is 0. The molecule has 2 rings (SSSR count). The average molecular weight is 328 g/mol. The second kappa shape index (κ2) is 7.79. The molecular weight excluding hydrogens is 308 g/mol. The van der Waals surface area contributed by atoms with Crippen LogP contribution in [0.25, 0.3) is 0 Å². The summed E-state index contributed by atoms with van der Waals surface area (Å²) < 4.78 is 0. The van der Waals surface area contributed by atoms with Crippen molar-refractivity contribution in [2.45, 2.75) is 31.9 Å². The number of aliphatic carboxylic acids is 1. The van der Waals surface area contributed by atoms with E-state index < -0.39 is 5.97 Å². The quantitative estimate of drug-likeness (QED) is 0.868. The van der Waals surface area contributed by atoms with E-state index in [9.17, 15) is 9.59 Å². The molecule has 5 nitrogen and oxygen atoms in total. The lowest BCUT2D eigenvalue weighted by Crippen LogP contribution is -2.39. The summed E-state index contributed by atoms with van der Waals surface area (Å²) in [5, 5.41) is 11.9. The molecule has 0 aliphatic carbocycles. The third-order valence-electron chi connectivity index (χ3n) is 3.57. The third-order valence-corrected chi connectivity index (χ3v) is 5.35. The first-order chi connectivity index (χ1) is 10.0. The highest BCUT2D eigenvalue weighted by Gasteiger charge is 2.24. The Labute approximate surface area is 132 Å². The van der Waals surface area contributed by atoms with Crippen LogP contribution in [0.4, 0.5) is 0 Å². The minimum atomic E-state index is -0.742. The van der Waals surface area contributed by atoms with Gasteiger partial charge in [0.25, 0.3) is 0 Å². The van der Waals surface area contributed by atoms with Gasteiger partial charge in [-0.25, -0.2) is 4.98 Å². The van der Waals surface area contributed by atoms with Crippen LogP contribution in [0.1, 0.15) is 30.0 Å². The van der Waals surface area contributed by atoms with E-state index in [0.717, 1.165) is 29.3 Å². The van der Waals surface area contributed by atoms with Crippen LogP contribution in [-0.4, -0.2) is 45.7 Å². The Bertz CT molecular complexity index is 496. The largest absolute Gasteiger partial charge is 0.481 e. The zero-order chi connectivity index (χ0) is 15.2. The molecule has 2 heterocycles. The normalized spacial score (nSPS) is 16.1. The number of hydrogen-bond acceptors (Lipinski definition) is 5. The number of carbonyl (C=O) groups is 2. The van der Waals surface area contributed by atoms with Crippen LogP contribution in [0.3, 0.4) is 0 Å². The predicted octanol–water partition coefficient (Wildman–Crippen LogP) is 2.40. The number of aryl methyl sites for hydroxylation is 1. The highest BCUT2D eigenvalue weighted by atomic mass is 32.2. The second-order valence-corrected chi connectivity index (χ2v) is 7.32. The summed E-state index contributed by atoms with van der Waals surface area (Å²) in [5.41, 5.74) is 1.04. The highest BCUT2D eigenvalue weighted by molar-refractivity contribution is 7.99. The Kier molecular flexibility index (Phi) is 6.05. The number of carbonyl (C=O) groups excluding carboxylic acids is 1. The standard InChI is InChI=1S/C14H20N2O3S2/c1-10-15-12(8-21-10)7-20-9-13(17)16-4-2-11(3-5-16)6-14(18)19/h8,11H,2-7,9H2,1H3,(H,18,19). The monoisotopic (exact) mass is 328 g/mol. The van der Waals surface area contributed by atoms with Crippen LogP contribution < -0.4 is 0 Å². The predicted molar refractivity (Wildman–Crippen MR) is 84.6 cm³/mol. The van der Waals surface area contributed by atoms with Gasteiger partial charge in [-0.15, -0.1) is 23.1 Å². The third kappa shape index (κ3) is 5.32. The van der Waals surface area contributed by atoms with Crippen LogP contribution in [0.15, 0.2) is 5.38 Å². The molecule has 1 aromatic rings. The zero-order valence-corrected chi connectivity index (χ0v) is 13.7. The zero-order valence-electron chi connectivity index (χ0n) is 12.1. The summed E-state index contributed by atoms with van der Waals surface area (Å²) in [6, 6.07) is 0. The minimum absolute atomic E-state index is 0.153. The number of rotatable bonds is 6. The summed E-state index contributed by atoms with van der Waals surface area (Å²) >= 11 is 3.22. The van der Waals surface area contributed by atoms with Gasteiger partial charge in [-0.3, -0.25) is 9.59 Å². The first-order valence-corrected chi connectivity index (χ1v) is 9.06. The first kappa shape index (κ1) is 16.3. The van der Waals surface area contributed by atoms with Crippen LogP contribution in [-0.2, 0) is 15.3 Å². The number of amides is 1. The molecule has 1 aliphatic rings. The van der Waals surface area contributed by atoms with Gasteiger partial charge in [-0.05, 0) is 25.7 Å². The molecule has 0 spiro atoms. The van der Waals surface area contributed by atoms with Gasteiger partial charge in [-0.2, -0.15) is 0 Å². The lowest BCUT2D eigenvalue weighted by molar-refractivity contribution is -0.138. The topological polar surface area (TPSA) is 70.5 Å². The molecule has 1 fully saturated rings. The van der Waals surface area contributed by atoms with E-state index in [0.29, 0.717) is 18.8 Å². The summed E-state index contributed by atoms with van der Waals surface area (Å²) in [5.74, 6) is 0.873. The van der Waals surface area contributed by atoms with E-state index in [1.54, 1.807) is 23.1 Å². The second-order valence-electron chi connectivity index (χ2n) is 5.27.